The number of aryl methyl sites for hydroxylation is 1. The third-order valence-electron chi connectivity index (χ3n) is 5.64. The SMILES string of the molecule is Cc1cccc(NC(=O)CN2CCN(Cc3nc(-c4ccc(Cl)cc4)no3)CC2)c1C. The summed E-state index contributed by atoms with van der Waals surface area (Å²) in [6.45, 7) is 8.39. The number of hydrogen-bond donors (Lipinski definition) is 1. The standard InChI is InChI=1S/C23H26ClN5O2/c1-16-4-3-5-20(17(16)2)25-21(30)14-28-10-12-29(13-11-28)15-22-26-23(27-31-22)18-6-8-19(24)9-7-18/h3-9H,10-15H2,1-2H3,(H,25,30). The van der Waals surface area contributed by atoms with Gasteiger partial charge in [-0.25, -0.2) is 0 Å². The molecule has 2 aromatic carbocycles. The van der Waals surface area contributed by atoms with E-state index in [1.54, 1.807) is 0 Å². The summed E-state index contributed by atoms with van der Waals surface area (Å²) in [6, 6.07) is 13.3. The van der Waals surface area contributed by atoms with E-state index in [9.17, 15) is 4.79 Å². The van der Waals surface area contributed by atoms with Crippen LogP contribution in [0.15, 0.2) is 47.0 Å². The van der Waals surface area contributed by atoms with Crippen LogP contribution in [0, 0.1) is 13.8 Å². The van der Waals surface area contributed by atoms with Crippen molar-refractivity contribution in [3.05, 3.63) is 64.5 Å². The number of aromatic nitrogens is 2. The zero-order valence-electron chi connectivity index (χ0n) is 17.8. The first-order chi connectivity index (χ1) is 15.0. The van der Waals surface area contributed by atoms with Crippen molar-refractivity contribution in [2.24, 2.45) is 0 Å². The van der Waals surface area contributed by atoms with Gasteiger partial charge in [0, 0.05) is 42.5 Å². The smallest absolute Gasteiger partial charge is 0.241 e. The van der Waals surface area contributed by atoms with Crippen LogP contribution >= 0.6 is 11.6 Å². The number of piperazine rings is 1. The predicted molar refractivity (Wildman–Crippen MR) is 121 cm³/mol. The van der Waals surface area contributed by atoms with Crippen LogP contribution in [-0.2, 0) is 11.3 Å². The maximum Gasteiger partial charge on any atom is 0.241 e. The maximum atomic E-state index is 12.5. The summed E-state index contributed by atoms with van der Waals surface area (Å²) in [6.07, 6.45) is 0. The Morgan fingerprint density at radius 2 is 1.77 bits per heavy atom. The first-order valence-corrected chi connectivity index (χ1v) is 10.7. The molecule has 0 spiro atoms. The molecule has 0 saturated carbocycles. The van der Waals surface area contributed by atoms with Gasteiger partial charge < -0.3 is 9.84 Å². The van der Waals surface area contributed by atoms with E-state index >= 15 is 0 Å². The number of rotatable bonds is 6. The molecule has 1 aromatic heterocycles. The van der Waals surface area contributed by atoms with Gasteiger partial charge in [0.15, 0.2) is 0 Å². The van der Waals surface area contributed by atoms with Crippen LogP contribution in [0.1, 0.15) is 17.0 Å². The Balaban J connectivity index is 1.25. The maximum absolute atomic E-state index is 12.5. The predicted octanol–water partition coefficient (Wildman–Crippen LogP) is 3.76. The molecule has 1 N–H and O–H groups in total. The van der Waals surface area contributed by atoms with Gasteiger partial charge in [-0.3, -0.25) is 14.6 Å². The minimum absolute atomic E-state index is 0.0201. The normalized spacial score (nSPS) is 15.2. The number of nitrogens with one attached hydrogen (secondary N) is 1. The first kappa shape index (κ1) is 21.5. The molecule has 3 aromatic rings. The van der Waals surface area contributed by atoms with E-state index in [0.717, 1.165) is 43.0 Å². The van der Waals surface area contributed by atoms with Crippen molar-refractivity contribution in [3.8, 4) is 11.4 Å². The molecule has 0 bridgehead atoms. The van der Waals surface area contributed by atoms with Crippen molar-refractivity contribution < 1.29 is 9.32 Å². The lowest BCUT2D eigenvalue weighted by molar-refractivity contribution is -0.117. The molecule has 1 aliphatic heterocycles. The second kappa shape index (κ2) is 9.60. The molecule has 31 heavy (non-hydrogen) atoms. The van der Waals surface area contributed by atoms with Crippen LogP contribution in [0.5, 0.6) is 0 Å². The van der Waals surface area contributed by atoms with E-state index in [4.69, 9.17) is 16.1 Å². The number of carbonyl (C=O) groups excluding carboxylic acids is 1. The third-order valence-corrected chi connectivity index (χ3v) is 5.89. The average molecular weight is 440 g/mol. The van der Waals surface area contributed by atoms with Gasteiger partial charge in [0.1, 0.15) is 0 Å². The summed E-state index contributed by atoms with van der Waals surface area (Å²) >= 11 is 5.93. The quantitative estimate of drug-likeness (QED) is 0.630. The lowest BCUT2D eigenvalue weighted by Gasteiger charge is -2.33. The zero-order valence-corrected chi connectivity index (χ0v) is 18.5. The summed E-state index contributed by atoms with van der Waals surface area (Å²) in [5.74, 6) is 1.17. The Hall–Kier alpha value is -2.74. The molecule has 0 unspecified atom stereocenters. The number of amides is 1. The lowest BCUT2D eigenvalue weighted by atomic mass is 10.1. The van der Waals surface area contributed by atoms with Crippen molar-refractivity contribution in [3.63, 3.8) is 0 Å². The fourth-order valence-corrected chi connectivity index (χ4v) is 3.74. The first-order valence-electron chi connectivity index (χ1n) is 10.4. The van der Waals surface area contributed by atoms with E-state index in [1.165, 1.54) is 5.56 Å². The summed E-state index contributed by atoms with van der Waals surface area (Å²) in [4.78, 5) is 21.4. The summed E-state index contributed by atoms with van der Waals surface area (Å²) in [5, 5.41) is 7.78. The molecule has 1 amide bonds. The molecular formula is C23H26ClN5O2. The van der Waals surface area contributed by atoms with Gasteiger partial charge >= 0.3 is 0 Å². The van der Waals surface area contributed by atoms with Crippen LogP contribution < -0.4 is 5.32 Å². The monoisotopic (exact) mass is 439 g/mol. The average Bonchev–Trinajstić information content (AvgIpc) is 3.22. The zero-order chi connectivity index (χ0) is 21.8. The van der Waals surface area contributed by atoms with E-state index in [-0.39, 0.29) is 5.91 Å². The van der Waals surface area contributed by atoms with Crippen molar-refractivity contribution in [2.75, 3.05) is 38.0 Å². The van der Waals surface area contributed by atoms with Gasteiger partial charge in [-0.05, 0) is 55.3 Å². The molecule has 0 radical (unpaired) electrons. The highest BCUT2D eigenvalue weighted by Crippen LogP contribution is 2.20. The van der Waals surface area contributed by atoms with Crippen LogP contribution in [0.4, 0.5) is 5.69 Å². The molecule has 1 saturated heterocycles. The topological polar surface area (TPSA) is 74.5 Å². The van der Waals surface area contributed by atoms with Gasteiger partial charge in [-0.1, -0.05) is 28.9 Å². The van der Waals surface area contributed by atoms with Gasteiger partial charge in [0.05, 0.1) is 13.1 Å². The van der Waals surface area contributed by atoms with Crippen molar-refractivity contribution in [2.45, 2.75) is 20.4 Å². The molecule has 2 heterocycles. The molecule has 0 atom stereocenters. The number of nitrogens with zero attached hydrogens (tertiary/aromatic N) is 4. The largest absolute Gasteiger partial charge is 0.338 e. The summed E-state index contributed by atoms with van der Waals surface area (Å²) in [5.41, 5.74) is 4.04. The highest BCUT2D eigenvalue weighted by atomic mass is 35.5. The second-order valence-corrected chi connectivity index (χ2v) is 8.30. The fraction of sp³-hybridized carbons (Fsp3) is 0.348. The lowest BCUT2D eigenvalue weighted by Crippen LogP contribution is -2.48. The third kappa shape index (κ3) is 5.50. The molecule has 7 nitrogen and oxygen atoms in total. The Bertz CT molecular complexity index is 1040. The van der Waals surface area contributed by atoms with Crippen molar-refractivity contribution >= 4 is 23.2 Å². The van der Waals surface area contributed by atoms with E-state index in [0.29, 0.717) is 29.8 Å². The Morgan fingerprint density at radius 3 is 2.52 bits per heavy atom. The van der Waals surface area contributed by atoms with Crippen LogP contribution in [0.3, 0.4) is 0 Å². The second-order valence-electron chi connectivity index (χ2n) is 7.87. The Labute approximate surface area is 187 Å². The van der Waals surface area contributed by atoms with Crippen LogP contribution in [0.25, 0.3) is 11.4 Å². The molecule has 162 valence electrons. The van der Waals surface area contributed by atoms with Crippen LogP contribution in [-0.4, -0.2) is 58.6 Å². The molecule has 1 fully saturated rings. The van der Waals surface area contributed by atoms with Gasteiger partial charge in [0.2, 0.25) is 17.6 Å². The molecular weight excluding hydrogens is 414 g/mol. The molecule has 4 rings (SSSR count). The molecule has 8 heteroatoms. The van der Waals surface area contributed by atoms with Gasteiger partial charge in [-0.2, -0.15) is 4.98 Å². The van der Waals surface area contributed by atoms with Crippen molar-refractivity contribution in [1.82, 2.24) is 19.9 Å². The Kier molecular flexibility index (Phi) is 6.65. The highest BCUT2D eigenvalue weighted by Gasteiger charge is 2.21. The van der Waals surface area contributed by atoms with Crippen LogP contribution in [0.2, 0.25) is 5.02 Å². The molecule has 1 aliphatic rings. The number of carbonyl (C=O) groups is 1. The number of anilines is 1. The van der Waals surface area contributed by atoms with E-state index in [2.05, 4.69) is 25.3 Å². The minimum atomic E-state index is 0.0201. The highest BCUT2D eigenvalue weighted by molar-refractivity contribution is 6.30. The fourth-order valence-electron chi connectivity index (χ4n) is 3.61. The number of benzene rings is 2. The Morgan fingerprint density at radius 1 is 1.06 bits per heavy atom. The van der Waals surface area contributed by atoms with E-state index in [1.807, 2.05) is 56.3 Å². The van der Waals surface area contributed by atoms with Crippen molar-refractivity contribution in [1.29, 1.82) is 0 Å². The minimum Gasteiger partial charge on any atom is -0.338 e. The summed E-state index contributed by atoms with van der Waals surface area (Å²) in [7, 11) is 0. The number of hydrogen-bond acceptors (Lipinski definition) is 6. The van der Waals surface area contributed by atoms with Gasteiger partial charge in [-0.15, -0.1) is 0 Å². The number of halogens is 1. The molecule has 0 aliphatic carbocycles. The van der Waals surface area contributed by atoms with E-state index < -0.39 is 0 Å². The summed E-state index contributed by atoms with van der Waals surface area (Å²) < 4.78 is 5.42. The van der Waals surface area contributed by atoms with Gasteiger partial charge in [0.25, 0.3) is 0 Å².